The molecule has 0 fully saturated rings. The molecule has 160 valence electrons. The summed E-state index contributed by atoms with van der Waals surface area (Å²) in [6.07, 6.45) is 2.41. The third kappa shape index (κ3) is 4.95. The maximum atomic E-state index is 14.7. The largest absolute Gasteiger partial charge is 0.478 e. The number of carboxylic acid groups (broad SMARTS) is 1. The van der Waals surface area contributed by atoms with Crippen LogP contribution in [0.3, 0.4) is 0 Å². The normalized spacial score (nSPS) is 12.8. The molecule has 0 aliphatic heterocycles. The van der Waals surface area contributed by atoms with Gasteiger partial charge in [0.1, 0.15) is 22.7 Å². The number of aliphatic carboxylic acids is 1. The third-order valence-electron chi connectivity index (χ3n) is 4.28. The second-order valence-electron chi connectivity index (χ2n) is 6.35. The smallest absolute Gasteiger partial charge is 0.328 e. The number of carboxylic acids is 1. The van der Waals surface area contributed by atoms with E-state index in [-0.39, 0.29) is 15.6 Å². The lowest BCUT2D eigenvalue weighted by Gasteiger charge is -2.20. The van der Waals surface area contributed by atoms with Crippen LogP contribution in [-0.4, -0.2) is 24.5 Å². The Morgan fingerprint density at radius 1 is 1.00 bits per heavy atom. The fraction of sp³-hybridized carbons (Fsp3) is 0.0476. The van der Waals surface area contributed by atoms with Crippen molar-refractivity contribution in [1.29, 1.82) is 0 Å². The number of benzene rings is 2. The number of halogens is 4. The van der Waals surface area contributed by atoms with E-state index in [0.717, 1.165) is 42.5 Å². The van der Waals surface area contributed by atoms with Gasteiger partial charge in [-0.1, -0.05) is 11.6 Å². The summed E-state index contributed by atoms with van der Waals surface area (Å²) in [5, 5.41) is 7.02. The molecule has 0 aliphatic carbocycles. The molecule has 0 spiro atoms. The van der Waals surface area contributed by atoms with Crippen molar-refractivity contribution in [3.05, 3.63) is 100 Å². The van der Waals surface area contributed by atoms with Crippen LogP contribution < -0.4 is 0 Å². The highest BCUT2D eigenvalue weighted by atomic mass is 35.5. The van der Waals surface area contributed by atoms with Crippen LogP contribution >= 0.6 is 11.6 Å². The first-order valence-corrected chi connectivity index (χ1v) is 10.5. The first-order valence-electron chi connectivity index (χ1n) is 8.60. The van der Waals surface area contributed by atoms with E-state index in [2.05, 4.69) is 4.98 Å². The van der Waals surface area contributed by atoms with Crippen molar-refractivity contribution in [1.82, 2.24) is 4.98 Å². The van der Waals surface area contributed by atoms with Gasteiger partial charge in [0, 0.05) is 22.2 Å². The van der Waals surface area contributed by atoms with E-state index in [0.29, 0.717) is 12.3 Å². The molecule has 0 aliphatic rings. The molecule has 2 aromatic carbocycles. The van der Waals surface area contributed by atoms with Crippen LogP contribution in [-0.2, 0) is 14.6 Å². The topological polar surface area (TPSA) is 84.3 Å². The van der Waals surface area contributed by atoms with Crippen LogP contribution in [0.25, 0.3) is 6.08 Å². The van der Waals surface area contributed by atoms with Crippen molar-refractivity contribution in [2.45, 2.75) is 10.1 Å². The molecular weight excluding hydrogens is 455 g/mol. The average Bonchev–Trinajstić information content (AvgIpc) is 2.71. The van der Waals surface area contributed by atoms with Crippen molar-refractivity contribution in [3.8, 4) is 0 Å². The van der Waals surface area contributed by atoms with E-state index < -0.39 is 49.6 Å². The predicted octanol–water partition coefficient (Wildman–Crippen LogP) is 4.81. The summed E-state index contributed by atoms with van der Waals surface area (Å²) < 4.78 is 70.1. The number of aromatic nitrogens is 1. The standard InChI is InChI=1S/C21H13ClF3NO4S/c22-12-1-5-15(6-2-12)31(29,30)21(16-9-13(23)3-7-18(16)24)17-10-14(4-8-20(27)28)26-11-19(17)25/h1-11,21H,(H,27,28). The number of hydrogen-bond donors (Lipinski definition) is 1. The highest BCUT2D eigenvalue weighted by Crippen LogP contribution is 2.38. The van der Waals surface area contributed by atoms with E-state index in [9.17, 15) is 26.4 Å². The molecule has 1 heterocycles. The number of carbonyl (C=O) groups is 1. The molecular formula is C21H13ClF3NO4S. The van der Waals surface area contributed by atoms with Gasteiger partial charge in [-0.25, -0.2) is 26.4 Å². The molecule has 0 amide bonds. The van der Waals surface area contributed by atoms with Gasteiger partial charge in [0.15, 0.2) is 9.84 Å². The fourth-order valence-corrected chi connectivity index (χ4v) is 4.84. The number of nitrogens with zero attached hydrogens (tertiary/aromatic N) is 1. The molecule has 0 bridgehead atoms. The molecule has 3 aromatic rings. The molecule has 1 atom stereocenters. The van der Waals surface area contributed by atoms with Crippen molar-refractivity contribution in [3.63, 3.8) is 0 Å². The third-order valence-corrected chi connectivity index (χ3v) is 6.59. The first kappa shape index (κ1) is 22.5. The Kier molecular flexibility index (Phi) is 6.47. The quantitative estimate of drug-likeness (QED) is 0.526. The molecule has 1 N–H and O–H groups in total. The Bertz CT molecular complexity index is 1280. The maximum absolute atomic E-state index is 14.7. The minimum absolute atomic E-state index is 0.0908. The van der Waals surface area contributed by atoms with Crippen molar-refractivity contribution >= 4 is 33.5 Å². The zero-order valence-electron chi connectivity index (χ0n) is 15.5. The number of sulfone groups is 1. The van der Waals surface area contributed by atoms with Gasteiger partial charge in [-0.2, -0.15) is 0 Å². The van der Waals surface area contributed by atoms with E-state index in [4.69, 9.17) is 16.7 Å². The van der Waals surface area contributed by atoms with Crippen LogP contribution in [0.5, 0.6) is 0 Å². The van der Waals surface area contributed by atoms with Gasteiger partial charge in [-0.3, -0.25) is 4.98 Å². The highest BCUT2D eigenvalue weighted by Gasteiger charge is 2.35. The summed E-state index contributed by atoms with van der Waals surface area (Å²) in [7, 11) is -4.51. The summed E-state index contributed by atoms with van der Waals surface area (Å²) in [5.41, 5.74) is -1.24. The van der Waals surface area contributed by atoms with E-state index >= 15 is 0 Å². The fourth-order valence-electron chi connectivity index (χ4n) is 2.90. The van der Waals surface area contributed by atoms with Gasteiger partial charge in [0.2, 0.25) is 0 Å². The molecule has 1 unspecified atom stereocenters. The number of rotatable bonds is 6. The molecule has 10 heteroatoms. The molecule has 5 nitrogen and oxygen atoms in total. The van der Waals surface area contributed by atoms with Crippen molar-refractivity contribution in [2.75, 3.05) is 0 Å². The Morgan fingerprint density at radius 2 is 1.65 bits per heavy atom. The zero-order chi connectivity index (χ0) is 22.8. The second kappa shape index (κ2) is 8.91. The highest BCUT2D eigenvalue weighted by molar-refractivity contribution is 7.91. The Labute approximate surface area is 180 Å². The molecule has 3 rings (SSSR count). The SMILES string of the molecule is O=C(O)C=Cc1cc(C(c2cc(F)ccc2F)S(=O)(=O)c2ccc(Cl)cc2)c(F)cn1. The second-order valence-corrected chi connectivity index (χ2v) is 8.82. The van der Waals surface area contributed by atoms with Crippen LogP contribution in [0.4, 0.5) is 13.2 Å². The van der Waals surface area contributed by atoms with Gasteiger partial charge in [0.05, 0.1) is 16.8 Å². The van der Waals surface area contributed by atoms with Gasteiger partial charge >= 0.3 is 5.97 Å². The molecule has 0 saturated carbocycles. The lowest BCUT2D eigenvalue weighted by atomic mass is 10.0. The monoisotopic (exact) mass is 467 g/mol. The average molecular weight is 468 g/mol. The van der Waals surface area contributed by atoms with E-state index in [1.807, 2.05) is 0 Å². The van der Waals surface area contributed by atoms with Gasteiger partial charge < -0.3 is 5.11 Å². The van der Waals surface area contributed by atoms with Gasteiger partial charge in [0.25, 0.3) is 0 Å². The maximum Gasteiger partial charge on any atom is 0.328 e. The first-order chi connectivity index (χ1) is 14.6. The Hall–Kier alpha value is -3.17. The minimum atomic E-state index is -4.51. The summed E-state index contributed by atoms with van der Waals surface area (Å²) >= 11 is 5.80. The summed E-state index contributed by atoms with van der Waals surface area (Å²) in [5.74, 6) is -4.40. The van der Waals surface area contributed by atoms with E-state index in [1.54, 1.807) is 0 Å². The van der Waals surface area contributed by atoms with Crippen LogP contribution in [0.15, 0.2) is 65.7 Å². The molecule has 1 aromatic heterocycles. The summed E-state index contributed by atoms with van der Waals surface area (Å²) in [6.45, 7) is 0. The van der Waals surface area contributed by atoms with Crippen LogP contribution in [0, 0.1) is 17.5 Å². The molecule has 0 radical (unpaired) electrons. The number of pyridine rings is 1. The molecule has 0 saturated heterocycles. The van der Waals surface area contributed by atoms with Crippen molar-refractivity contribution in [2.24, 2.45) is 0 Å². The summed E-state index contributed by atoms with van der Waals surface area (Å²) in [4.78, 5) is 14.1. The van der Waals surface area contributed by atoms with Crippen molar-refractivity contribution < 1.29 is 31.5 Å². The lowest BCUT2D eigenvalue weighted by Crippen LogP contribution is -2.18. The van der Waals surface area contributed by atoms with Gasteiger partial charge in [-0.15, -0.1) is 0 Å². The van der Waals surface area contributed by atoms with E-state index in [1.165, 1.54) is 12.1 Å². The predicted molar refractivity (Wildman–Crippen MR) is 108 cm³/mol. The van der Waals surface area contributed by atoms with Crippen LogP contribution in [0.1, 0.15) is 22.1 Å². The lowest BCUT2D eigenvalue weighted by molar-refractivity contribution is -0.131. The number of hydrogen-bond acceptors (Lipinski definition) is 4. The Balaban J connectivity index is 2.30. The van der Waals surface area contributed by atoms with Crippen LogP contribution in [0.2, 0.25) is 5.02 Å². The Morgan fingerprint density at radius 3 is 2.29 bits per heavy atom. The summed E-state index contributed by atoms with van der Waals surface area (Å²) in [6, 6.07) is 8.07. The zero-order valence-corrected chi connectivity index (χ0v) is 17.0. The minimum Gasteiger partial charge on any atom is -0.478 e. The van der Waals surface area contributed by atoms with Gasteiger partial charge in [-0.05, 0) is 54.6 Å². The molecule has 31 heavy (non-hydrogen) atoms.